The van der Waals surface area contributed by atoms with Gasteiger partial charge in [0.2, 0.25) is 0 Å². The summed E-state index contributed by atoms with van der Waals surface area (Å²) in [6.45, 7) is 2.17. The number of rotatable bonds is 2. The van der Waals surface area contributed by atoms with Crippen LogP contribution in [0.25, 0.3) is 0 Å². The zero-order valence-corrected chi connectivity index (χ0v) is 8.77. The minimum absolute atomic E-state index is 0.450. The fourth-order valence-electron chi connectivity index (χ4n) is 1.91. The van der Waals surface area contributed by atoms with Crippen LogP contribution in [0, 0.1) is 0 Å². The maximum atomic E-state index is 4.51. The number of hydrogen-bond donors (Lipinski definition) is 0. The van der Waals surface area contributed by atoms with E-state index >= 15 is 0 Å². The first kappa shape index (κ1) is 9.25. The van der Waals surface area contributed by atoms with Crippen molar-refractivity contribution in [1.29, 1.82) is 0 Å². The first-order valence-electron chi connectivity index (χ1n) is 5.15. The van der Waals surface area contributed by atoms with E-state index in [0.717, 1.165) is 12.8 Å². The summed E-state index contributed by atoms with van der Waals surface area (Å²) in [5.41, 5.74) is 2.67. The molecule has 1 aliphatic heterocycles. The van der Waals surface area contributed by atoms with E-state index in [4.69, 9.17) is 0 Å². The Morgan fingerprint density at radius 2 is 2.07 bits per heavy atom. The summed E-state index contributed by atoms with van der Waals surface area (Å²) >= 11 is 0. The van der Waals surface area contributed by atoms with Crippen LogP contribution in [0.15, 0.2) is 35.4 Å². The second-order valence-corrected chi connectivity index (χ2v) is 3.72. The predicted molar refractivity (Wildman–Crippen MR) is 59.3 cm³/mol. The minimum Gasteiger partial charge on any atom is -0.292 e. The van der Waals surface area contributed by atoms with Gasteiger partial charge in [0.05, 0.1) is 6.04 Å². The van der Waals surface area contributed by atoms with Crippen LogP contribution in [0.5, 0.6) is 0 Å². The topological polar surface area (TPSA) is 15.6 Å². The lowest BCUT2D eigenvalue weighted by Gasteiger charge is -2.18. The van der Waals surface area contributed by atoms with Gasteiger partial charge in [0.25, 0.3) is 0 Å². The molecule has 1 aliphatic rings. The smallest absolute Gasteiger partial charge is 0.0769 e. The predicted octanol–water partition coefficient (Wildman–Crippen LogP) is 2.83. The third-order valence-electron chi connectivity index (χ3n) is 2.77. The van der Waals surface area contributed by atoms with E-state index in [9.17, 15) is 0 Å². The van der Waals surface area contributed by atoms with Crippen molar-refractivity contribution in [2.75, 3.05) is 7.05 Å². The molecule has 0 radical (unpaired) electrons. The van der Waals surface area contributed by atoms with Gasteiger partial charge in [-0.15, -0.1) is 0 Å². The molecule has 1 unspecified atom stereocenters. The normalized spacial score (nSPS) is 21.1. The summed E-state index contributed by atoms with van der Waals surface area (Å²) in [6.07, 6.45) is 2.14. The van der Waals surface area contributed by atoms with Crippen molar-refractivity contribution in [2.45, 2.75) is 25.8 Å². The zero-order valence-electron chi connectivity index (χ0n) is 8.77. The molecule has 2 nitrogen and oxygen atoms in total. The second-order valence-electron chi connectivity index (χ2n) is 3.72. The first-order chi connectivity index (χ1) is 6.81. The molecule has 0 saturated carbocycles. The maximum Gasteiger partial charge on any atom is 0.0769 e. The number of benzene rings is 1. The Labute approximate surface area is 85.2 Å². The van der Waals surface area contributed by atoms with E-state index in [0.29, 0.717) is 6.04 Å². The summed E-state index contributed by atoms with van der Waals surface area (Å²) in [6, 6.07) is 11.0. The van der Waals surface area contributed by atoms with Crippen LogP contribution in [-0.4, -0.2) is 17.8 Å². The fraction of sp³-hybridized carbons (Fsp3) is 0.417. The van der Waals surface area contributed by atoms with Gasteiger partial charge in [-0.25, -0.2) is 0 Å². The third kappa shape index (κ3) is 1.65. The van der Waals surface area contributed by atoms with Gasteiger partial charge in [-0.2, -0.15) is 5.10 Å². The van der Waals surface area contributed by atoms with E-state index in [1.165, 1.54) is 11.3 Å². The molecule has 2 rings (SSSR count). The molecule has 0 aliphatic carbocycles. The van der Waals surface area contributed by atoms with Crippen LogP contribution in [0.3, 0.4) is 0 Å². The van der Waals surface area contributed by atoms with E-state index in [1.54, 1.807) is 0 Å². The lowest BCUT2D eigenvalue weighted by Crippen LogP contribution is -2.13. The van der Waals surface area contributed by atoms with Crippen molar-refractivity contribution in [3.05, 3.63) is 35.9 Å². The molecule has 0 N–H and O–H groups in total. The Hall–Kier alpha value is -1.31. The van der Waals surface area contributed by atoms with Gasteiger partial charge in [-0.3, -0.25) is 5.01 Å². The van der Waals surface area contributed by atoms with E-state index in [-0.39, 0.29) is 0 Å². The fourth-order valence-corrected chi connectivity index (χ4v) is 1.91. The summed E-state index contributed by atoms with van der Waals surface area (Å²) in [7, 11) is 2.06. The van der Waals surface area contributed by atoms with Crippen LogP contribution in [0.2, 0.25) is 0 Å². The lowest BCUT2D eigenvalue weighted by atomic mass is 10.0. The van der Waals surface area contributed by atoms with Crippen molar-refractivity contribution in [2.24, 2.45) is 5.10 Å². The largest absolute Gasteiger partial charge is 0.292 e. The monoisotopic (exact) mass is 188 g/mol. The first-order valence-corrected chi connectivity index (χ1v) is 5.15. The molecule has 2 heteroatoms. The third-order valence-corrected chi connectivity index (χ3v) is 2.77. The molecule has 0 spiro atoms. The molecule has 0 aromatic heterocycles. The van der Waals surface area contributed by atoms with Gasteiger partial charge in [0, 0.05) is 19.2 Å². The van der Waals surface area contributed by atoms with Gasteiger partial charge >= 0.3 is 0 Å². The quantitative estimate of drug-likeness (QED) is 0.696. The van der Waals surface area contributed by atoms with Crippen LogP contribution < -0.4 is 0 Å². The SMILES string of the molecule is CCC1=NN(C)C(c2ccccc2)C1. The van der Waals surface area contributed by atoms with Gasteiger partial charge < -0.3 is 0 Å². The van der Waals surface area contributed by atoms with Crippen molar-refractivity contribution in [1.82, 2.24) is 5.01 Å². The van der Waals surface area contributed by atoms with Gasteiger partial charge in [0.15, 0.2) is 0 Å². The van der Waals surface area contributed by atoms with Crippen LogP contribution in [-0.2, 0) is 0 Å². The molecule has 1 atom stereocenters. The van der Waals surface area contributed by atoms with Gasteiger partial charge in [-0.1, -0.05) is 37.3 Å². The Bertz CT molecular complexity index is 329. The molecule has 14 heavy (non-hydrogen) atoms. The number of hydrogen-bond acceptors (Lipinski definition) is 2. The Balaban J connectivity index is 2.16. The Morgan fingerprint density at radius 1 is 1.36 bits per heavy atom. The average molecular weight is 188 g/mol. The zero-order chi connectivity index (χ0) is 9.97. The lowest BCUT2D eigenvalue weighted by molar-refractivity contribution is 0.290. The van der Waals surface area contributed by atoms with Gasteiger partial charge in [-0.05, 0) is 12.0 Å². The van der Waals surface area contributed by atoms with Crippen LogP contribution >= 0.6 is 0 Å². The molecular weight excluding hydrogens is 172 g/mol. The molecule has 74 valence electrons. The van der Waals surface area contributed by atoms with Crippen molar-refractivity contribution < 1.29 is 0 Å². The standard InChI is InChI=1S/C12H16N2/c1-3-11-9-12(14(2)13-11)10-7-5-4-6-8-10/h4-8,12H,3,9H2,1-2H3. The number of nitrogens with zero attached hydrogens (tertiary/aromatic N) is 2. The van der Waals surface area contributed by atoms with E-state index < -0.39 is 0 Å². The van der Waals surface area contributed by atoms with E-state index in [1.807, 2.05) is 0 Å². The van der Waals surface area contributed by atoms with Crippen LogP contribution in [0.4, 0.5) is 0 Å². The van der Waals surface area contributed by atoms with Crippen molar-refractivity contribution in [3.8, 4) is 0 Å². The Kier molecular flexibility index (Phi) is 2.53. The van der Waals surface area contributed by atoms with Crippen molar-refractivity contribution in [3.63, 3.8) is 0 Å². The van der Waals surface area contributed by atoms with E-state index in [2.05, 4.69) is 54.4 Å². The maximum absolute atomic E-state index is 4.51. The number of hydrazone groups is 1. The summed E-state index contributed by atoms with van der Waals surface area (Å²) in [5, 5.41) is 6.59. The highest BCUT2D eigenvalue weighted by Crippen LogP contribution is 2.29. The molecular formula is C12H16N2. The van der Waals surface area contributed by atoms with Gasteiger partial charge in [0.1, 0.15) is 0 Å². The molecule has 1 aromatic rings. The second kappa shape index (κ2) is 3.82. The highest BCUT2D eigenvalue weighted by Gasteiger charge is 2.23. The highest BCUT2D eigenvalue weighted by atomic mass is 15.5. The summed E-state index contributed by atoms with van der Waals surface area (Å²) in [5.74, 6) is 0. The molecule has 0 amide bonds. The van der Waals surface area contributed by atoms with Crippen molar-refractivity contribution >= 4 is 5.71 Å². The summed E-state index contributed by atoms with van der Waals surface area (Å²) in [4.78, 5) is 0. The average Bonchev–Trinajstić information content (AvgIpc) is 2.61. The molecule has 0 fully saturated rings. The molecule has 0 bridgehead atoms. The summed E-state index contributed by atoms with van der Waals surface area (Å²) < 4.78 is 0. The molecule has 1 heterocycles. The van der Waals surface area contributed by atoms with Crippen LogP contribution in [0.1, 0.15) is 31.4 Å². The molecule has 1 aromatic carbocycles. The molecule has 0 saturated heterocycles. The minimum atomic E-state index is 0.450. The highest BCUT2D eigenvalue weighted by molar-refractivity contribution is 5.86. The Morgan fingerprint density at radius 3 is 2.64 bits per heavy atom.